The van der Waals surface area contributed by atoms with Crippen LogP contribution >= 0.6 is 23.6 Å². The van der Waals surface area contributed by atoms with Crippen molar-refractivity contribution in [3.63, 3.8) is 0 Å². The Kier molecular flexibility index (Phi) is 5.64. The Morgan fingerprint density at radius 1 is 1.10 bits per heavy atom. The number of methoxy groups -OCH3 is 2. The van der Waals surface area contributed by atoms with Crippen LogP contribution in [0.1, 0.15) is 9.67 Å². The van der Waals surface area contributed by atoms with Crippen molar-refractivity contribution >= 4 is 51.4 Å². The summed E-state index contributed by atoms with van der Waals surface area (Å²) in [6, 6.07) is 14.4. The molecule has 9 heteroatoms. The normalized spacial score (nSPS) is 10.6. The van der Waals surface area contributed by atoms with Crippen LogP contribution in [-0.2, 0) is 0 Å². The summed E-state index contributed by atoms with van der Waals surface area (Å²) < 4.78 is 16.5. The number of thiocarbonyl (C=S) groups is 1. The number of carbonyl (C=O) groups is 1. The number of rotatable bonds is 5. The molecular weight excluding hydrogens is 422 g/mol. The second-order valence-electron chi connectivity index (χ2n) is 6.16. The number of oxazole rings is 1. The Labute approximate surface area is 181 Å². The molecular formula is C21H17N3O4S2. The number of nitrogens with zero attached hydrogens (tertiary/aromatic N) is 1. The molecule has 4 rings (SSSR count). The van der Waals surface area contributed by atoms with Gasteiger partial charge < -0.3 is 19.2 Å². The zero-order valence-electron chi connectivity index (χ0n) is 16.1. The number of carbonyl (C=O) groups excluding carboxylic acids is 1. The van der Waals surface area contributed by atoms with Gasteiger partial charge >= 0.3 is 0 Å². The van der Waals surface area contributed by atoms with Crippen molar-refractivity contribution in [2.24, 2.45) is 0 Å². The molecule has 152 valence electrons. The van der Waals surface area contributed by atoms with Crippen LogP contribution in [0.15, 0.2) is 58.3 Å². The van der Waals surface area contributed by atoms with Gasteiger partial charge in [-0.2, -0.15) is 0 Å². The van der Waals surface area contributed by atoms with Crippen molar-refractivity contribution in [3.8, 4) is 23.0 Å². The quantitative estimate of drug-likeness (QED) is 0.436. The van der Waals surface area contributed by atoms with Gasteiger partial charge in [0, 0.05) is 11.3 Å². The first-order valence-corrected chi connectivity index (χ1v) is 10.1. The fourth-order valence-corrected chi connectivity index (χ4v) is 3.66. The number of anilines is 1. The fourth-order valence-electron chi connectivity index (χ4n) is 2.83. The van der Waals surface area contributed by atoms with E-state index in [1.54, 1.807) is 50.6 Å². The van der Waals surface area contributed by atoms with Gasteiger partial charge in [0.2, 0.25) is 5.89 Å². The number of aromatic nitrogens is 1. The van der Waals surface area contributed by atoms with Crippen molar-refractivity contribution in [3.05, 3.63) is 58.8 Å². The van der Waals surface area contributed by atoms with Gasteiger partial charge in [0.25, 0.3) is 5.91 Å². The Morgan fingerprint density at radius 2 is 1.93 bits per heavy atom. The summed E-state index contributed by atoms with van der Waals surface area (Å²) in [5, 5.41) is 7.69. The standard InChI is InChI=1S/C21H17N3O4S2/c1-26-16-7-5-12(10-17(16)27-2)20-23-14-11-13(6-8-15(14)28-20)22-21(29)24-19(25)18-4-3-9-30-18/h3-11H,1-2H3,(H2,22,24,25,29). The highest BCUT2D eigenvalue weighted by molar-refractivity contribution is 7.80. The van der Waals surface area contributed by atoms with Crippen LogP contribution in [0.3, 0.4) is 0 Å². The third kappa shape index (κ3) is 4.12. The molecule has 0 fully saturated rings. The van der Waals surface area contributed by atoms with Crippen LogP contribution in [0.25, 0.3) is 22.6 Å². The lowest BCUT2D eigenvalue weighted by Gasteiger charge is -2.08. The third-order valence-corrected chi connectivity index (χ3v) is 5.32. The largest absolute Gasteiger partial charge is 0.493 e. The molecule has 2 heterocycles. The minimum absolute atomic E-state index is 0.205. The van der Waals surface area contributed by atoms with Gasteiger partial charge in [0.15, 0.2) is 22.2 Å². The monoisotopic (exact) mass is 439 g/mol. The van der Waals surface area contributed by atoms with Crippen LogP contribution < -0.4 is 20.1 Å². The molecule has 0 aliphatic heterocycles. The topological polar surface area (TPSA) is 85.6 Å². The number of hydrogen-bond donors (Lipinski definition) is 2. The Balaban J connectivity index is 1.52. The molecule has 0 saturated carbocycles. The van der Waals surface area contributed by atoms with Crippen LogP contribution in [0.2, 0.25) is 0 Å². The van der Waals surface area contributed by atoms with Gasteiger partial charge in [-0.15, -0.1) is 11.3 Å². The summed E-state index contributed by atoms with van der Waals surface area (Å²) >= 11 is 6.58. The van der Waals surface area contributed by atoms with E-state index in [4.69, 9.17) is 26.1 Å². The van der Waals surface area contributed by atoms with Gasteiger partial charge in [-0.1, -0.05) is 6.07 Å². The van der Waals surface area contributed by atoms with Crippen LogP contribution in [0.4, 0.5) is 5.69 Å². The molecule has 7 nitrogen and oxygen atoms in total. The highest BCUT2D eigenvalue weighted by atomic mass is 32.1. The molecule has 2 aromatic carbocycles. The maximum absolute atomic E-state index is 12.1. The van der Waals surface area contributed by atoms with E-state index < -0.39 is 0 Å². The highest BCUT2D eigenvalue weighted by Crippen LogP contribution is 2.33. The predicted octanol–water partition coefficient (Wildman–Crippen LogP) is 4.70. The van der Waals surface area contributed by atoms with Crippen molar-refractivity contribution in [2.75, 3.05) is 19.5 Å². The number of amides is 1. The lowest BCUT2D eigenvalue weighted by atomic mass is 10.2. The molecule has 0 atom stereocenters. The SMILES string of the molecule is COc1ccc(-c2nc3cc(NC(=S)NC(=O)c4cccs4)ccc3o2)cc1OC. The predicted molar refractivity (Wildman–Crippen MR) is 121 cm³/mol. The average Bonchev–Trinajstić information content (AvgIpc) is 3.43. The van der Waals surface area contributed by atoms with Crippen LogP contribution in [-0.4, -0.2) is 30.2 Å². The molecule has 0 spiro atoms. The number of fused-ring (bicyclic) bond motifs is 1. The van der Waals surface area contributed by atoms with Gasteiger partial charge in [-0.25, -0.2) is 4.98 Å². The first kappa shape index (κ1) is 19.9. The smallest absolute Gasteiger partial charge is 0.267 e. The number of hydrogen-bond acceptors (Lipinski definition) is 7. The molecule has 0 saturated heterocycles. The summed E-state index contributed by atoms with van der Waals surface area (Å²) in [6.45, 7) is 0. The summed E-state index contributed by atoms with van der Waals surface area (Å²) in [4.78, 5) is 17.2. The highest BCUT2D eigenvalue weighted by Gasteiger charge is 2.13. The first-order chi connectivity index (χ1) is 14.6. The molecule has 0 bridgehead atoms. The van der Waals surface area contributed by atoms with E-state index in [1.807, 2.05) is 17.5 Å². The van der Waals surface area contributed by atoms with Crippen molar-refractivity contribution in [1.29, 1.82) is 0 Å². The Bertz CT molecular complexity index is 1220. The van der Waals surface area contributed by atoms with Crippen LogP contribution in [0, 0.1) is 0 Å². The second-order valence-corrected chi connectivity index (χ2v) is 7.51. The molecule has 2 N–H and O–H groups in total. The van der Waals surface area contributed by atoms with Gasteiger partial charge in [-0.3, -0.25) is 10.1 Å². The van der Waals surface area contributed by atoms with Crippen molar-refractivity contribution in [2.45, 2.75) is 0 Å². The van der Waals surface area contributed by atoms with E-state index in [9.17, 15) is 4.79 Å². The molecule has 0 unspecified atom stereocenters. The summed E-state index contributed by atoms with van der Waals surface area (Å²) in [5.41, 5.74) is 2.72. The van der Waals surface area contributed by atoms with Crippen molar-refractivity contribution < 1.29 is 18.7 Å². The van der Waals surface area contributed by atoms with Gasteiger partial charge in [0.1, 0.15) is 5.52 Å². The number of ether oxygens (including phenoxy) is 2. The van der Waals surface area contributed by atoms with E-state index in [2.05, 4.69) is 15.6 Å². The van der Waals surface area contributed by atoms with E-state index in [-0.39, 0.29) is 11.0 Å². The summed E-state index contributed by atoms with van der Waals surface area (Å²) in [7, 11) is 3.16. The number of nitrogens with one attached hydrogen (secondary N) is 2. The lowest BCUT2D eigenvalue weighted by molar-refractivity contribution is 0.0981. The lowest BCUT2D eigenvalue weighted by Crippen LogP contribution is -2.33. The minimum atomic E-state index is -0.249. The number of thiophene rings is 1. The van der Waals surface area contributed by atoms with E-state index in [0.717, 1.165) is 5.56 Å². The minimum Gasteiger partial charge on any atom is -0.493 e. The van der Waals surface area contributed by atoms with E-state index in [0.29, 0.717) is 39.1 Å². The third-order valence-electron chi connectivity index (χ3n) is 4.25. The molecule has 30 heavy (non-hydrogen) atoms. The summed E-state index contributed by atoms with van der Waals surface area (Å²) in [6.07, 6.45) is 0. The van der Waals surface area contributed by atoms with Gasteiger partial charge in [0.05, 0.1) is 19.1 Å². The van der Waals surface area contributed by atoms with E-state index >= 15 is 0 Å². The number of benzene rings is 2. The molecule has 2 aromatic heterocycles. The van der Waals surface area contributed by atoms with Gasteiger partial charge in [-0.05, 0) is 60.1 Å². The first-order valence-electron chi connectivity index (χ1n) is 8.86. The van der Waals surface area contributed by atoms with Crippen LogP contribution in [0.5, 0.6) is 11.5 Å². The molecule has 0 aliphatic carbocycles. The summed E-state index contributed by atoms with van der Waals surface area (Å²) in [5.74, 6) is 1.42. The molecule has 0 aliphatic rings. The molecule has 4 aromatic rings. The van der Waals surface area contributed by atoms with E-state index in [1.165, 1.54) is 11.3 Å². The molecule has 1 amide bonds. The fraction of sp³-hybridized carbons (Fsp3) is 0.0952. The average molecular weight is 440 g/mol. The maximum atomic E-state index is 12.1. The zero-order valence-corrected chi connectivity index (χ0v) is 17.7. The zero-order chi connectivity index (χ0) is 21.1. The Hall–Kier alpha value is -3.43. The van der Waals surface area contributed by atoms with Crippen molar-refractivity contribution in [1.82, 2.24) is 10.3 Å². The molecule has 0 radical (unpaired) electrons. The Morgan fingerprint density at radius 3 is 2.67 bits per heavy atom. The maximum Gasteiger partial charge on any atom is 0.267 e. The second kappa shape index (κ2) is 8.52.